The number of benzene rings is 2. The topological polar surface area (TPSA) is 92.0 Å². The number of carbonyl (C=O) groups is 1. The third-order valence-electron chi connectivity index (χ3n) is 4.25. The summed E-state index contributed by atoms with van der Waals surface area (Å²) >= 11 is 5.46. The highest BCUT2D eigenvalue weighted by Crippen LogP contribution is 2.33. The van der Waals surface area contributed by atoms with E-state index >= 15 is 0 Å². The molecule has 32 heavy (non-hydrogen) atoms. The van der Waals surface area contributed by atoms with Crippen LogP contribution in [0.25, 0.3) is 10.9 Å². The van der Waals surface area contributed by atoms with E-state index in [1.807, 2.05) is 6.07 Å². The highest BCUT2D eigenvalue weighted by atomic mass is 127. The second kappa shape index (κ2) is 10.4. The average molecular weight is 614 g/mol. The average Bonchev–Trinajstić information content (AvgIpc) is 2.72. The minimum atomic E-state index is -0.464. The summed E-state index contributed by atoms with van der Waals surface area (Å²) in [5, 5.41) is 4.80. The lowest BCUT2D eigenvalue weighted by atomic mass is 10.2. The first-order valence-electron chi connectivity index (χ1n) is 9.62. The summed E-state index contributed by atoms with van der Waals surface area (Å²) in [7, 11) is 1.51. The molecule has 0 amide bonds. The smallest absolute Gasteiger partial charge is 0.344 e. The number of rotatable bonds is 7. The Hall–Kier alpha value is -2.47. The van der Waals surface area contributed by atoms with Crippen molar-refractivity contribution in [2.45, 2.75) is 26.9 Å². The molecule has 0 atom stereocenters. The maximum absolute atomic E-state index is 12.9. The van der Waals surface area contributed by atoms with Gasteiger partial charge in [0.2, 0.25) is 0 Å². The van der Waals surface area contributed by atoms with Crippen molar-refractivity contribution in [3.05, 3.63) is 60.1 Å². The van der Waals surface area contributed by atoms with E-state index in [2.05, 4.69) is 48.6 Å². The third-order valence-corrected chi connectivity index (χ3v) is 5.54. The van der Waals surface area contributed by atoms with Crippen molar-refractivity contribution in [2.24, 2.45) is 5.10 Å². The van der Waals surface area contributed by atoms with Crippen molar-refractivity contribution in [1.82, 2.24) is 9.66 Å². The van der Waals surface area contributed by atoms with Crippen molar-refractivity contribution >= 4 is 61.6 Å². The highest BCUT2D eigenvalue weighted by Gasteiger charge is 2.15. The van der Waals surface area contributed by atoms with Crippen LogP contribution in [-0.4, -0.2) is 41.7 Å². The van der Waals surface area contributed by atoms with Crippen LogP contribution >= 0.6 is 38.5 Å². The molecular weight excluding hydrogens is 593 g/mol. The van der Waals surface area contributed by atoms with Crippen molar-refractivity contribution in [3.63, 3.8) is 0 Å². The maximum Gasteiger partial charge on any atom is 0.344 e. The first kappa shape index (κ1) is 24.2. The van der Waals surface area contributed by atoms with Gasteiger partial charge in [0.1, 0.15) is 5.82 Å². The molecule has 0 aliphatic heterocycles. The van der Waals surface area contributed by atoms with E-state index in [-0.39, 0.29) is 18.3 Å². The normalized spacial score (nSPS) is 11.3. The monoisotopic (exact) mass is 613 g/mol. The van der Waals surface area contributed by atoms with Crippen molar-refractivity contribution < 1.29 is 19.0 Å². The van der Waals surface area contributed by atoms with Gasteiger partial charge in [-0.15, -0.1) is 0 Å². The van der Waals surface area contributed by atoms with Gasteiger partial charge in [-0.25, -0.2) is 9.78 Å². The lowest BCUT2D eigenvalue weighted by Crippen LogP contribution is -2.20. The second-order valence-corrected chi connectivity index (χ2v) is 9.12. The lowest BCUT2D eigenvalue weighted by molar-refractivity contribution is -0.149. The molecule has 8 nitrogen and oxygen atoms in total. The molecule has 3 aromatic rings. The van der Waals surface area contributed by atoms with Crippen LogP contribution in [0.3, 0.4) is 0 Å². The van der Waals surface area contributed by atoms with Gasteiger partial charge >= 0.3 is 5.97 Å². The standard InChI is InChI=1S/C22H21BrIN3O5/c1-12(2)32-20(28)11-31-21-17(24)7-14(8-19(21)30-4)10-25-27-13(3)26-18-6-5-15(23)9-16(18)22(27)29/h5-10,12H,11H2,1-4H3. The van der Waals surface area contributed by atoms with E-state index < -0.39 is 5.97 Å². The number of aromatic nitrogens is 2. The largest absolute Gasteiger partial charge is 0.493 e. The number of ether oxygens (including phenoxy) is 3. The summed E-state index contributed by atoms with van der Waals surface area (Å²) < 4.78 is 18.9. The fraction of sp³-hybridized carbons (Fsp3) is 0.273. The number of hydrogen-bond acceptors (Lipinski definition) is 7. The summed E-state index contributed by atoms with van der Waals surface area (Å²) in [5.41, 5.74) is 1.02. The lowest BCUT2D eigenvalue weighted by Gasteiger charge is -2.14. The number of halogens is 2. The van der Waals surface area contributed by atoms with E-state index in [0.717, 1.165) is 4.47 Å². The molecule has 0 radical (unpaired) electrons. The van der Waals surface area contributed by atoms with Crippen LogP contribution in [0.4, 0.5) is 0 Å². The van der Waals surface area contributed by atoms with Crippen LogP contribution in [-0.2, 0) is 9.53 Å². The van der Waals surface area contributed by atoms with Crippen LogP contribution in [0, 0.1) is 10.5 Å². The number of hydrogen-bond donors (Lipinski definition) is 0. The van der Waals surface area contributed by atoms with Crippen molar-refractivity contribution in [2.75, 3.05) is 13.7 Å². The van der Waals surface area contributed by atoms with Crippen LogP contribution in [0.2, 0.25) is 0 Å². The third kappa shape index (κ3) is 5.66. The molecule has 1 aromatic heterocycles. The van der Waals surface area contributed by atoms with Gasteiger partial charge in [-0.05, 0) is 79.3 Å². The van der Waals surface area contributed by atoms with Crippen LogP contribution in [0.5, 0.6) is 11.5 Å². The molecular formula is C22H21BrIN3O5. The molecule has 0 saturated carbocycles. The summed E-state index contributed by atoms with van der Waals surface area (Å²) in [6.45, 7) is 5.03. The Morgan fingerprint density at radius 3 is 2.75 bits per heavy atom. The van der Waals surface area contributed by atoms with E-state index in [1.165, 1.54) is 11.8 Å². The highest BCUT2D eigenvalue weighted by molar-refractivity contribution is 14.1. The van der Waals surface area contributed by atoms with E-state index in [0.29, 0.717) is 37.4 Å². The predicted octanol–water partition coefficient (Wildman–Crippen LogP) is 4.29. The number of aryl methyl sites for hydroxylation is 1. The zero-order valence-corrected chi connectivity index (χ0v) is 21.6. The summed E-state index contributed by atoms with van der Waals surface area (Å²) in [6, 6.07) is 8.85. The van der Waals surface area contributed by atoms with Crippen LogP contribution in [0.1, 0.15) is 25.2 Å². The van der Waals surface area contributed by atoms with Gasteiger partial charge < -0.3 is 14.2 Å². The quantitative estimate of drug-likeness (QED) is 0.224. The van der Waals surface area contributed by atoms with Gasteiger partial charge in [-0.3, -0.25) is 4.79 Å². The molecule has 0 aliphatic carbocycles. The Morgan fingerprint density at radius 2 is 2.06 bits per heavy atom. The van der Waals surface area contributed by atoms with E-state index in [4.69, 9.17) is 14.2 Å². The zero-order valence-electron chi connectivity index (χ0n) is 17.9. The van der Waals surface area contributed by atoms with Gasteiger partial charge in [0.05, 0.1) is 33.9 Å². The molecule has 0 aliphatic rings. The molecule has 0 bridgehead atoms. The Balaban J connectivity index is 1.90. The number of fused-ring (bicyclic) bond motifs is 1. The molecule has 0 spiro atoms. The molecule has 0 unspecified atom stereocenters. The van der Waals surface area contributed by atoms with Crippen LogP contribution in [0.15, 0.2) is 44.7 Å². The molecule has 0 N–H and O–H groups in total. The van der Waals surface area contributed by atoms with Gasteiger partial charge in [0.25, 0.3) is 5.56 Å². The number of methoxy groups -OCH3 is 1. The van der Waals surface area contributed by atoms with Crippen molar-refractivity contribution in [1.29, 1.82) is 0 Å². The number of carbonyl (C=O) groups excluding carboxylic acids is 1. The Kier molecular flexibility index (Phi) is 7.88. The maximum atomic E-state index is 12.9. The fourth-order valence-corrected chi connectivity index (χ4v) is 4.04. The van der Waals surface area contributed by atoms with Crippen LogP contribution < -0.4 is 15.0 Å². The molecule has 168 valence electrons. The minimum Gasteiger partial charge on any atom is -0.493 e. The first-order valence-corrected chi connectivity index (χ1v) is 11.5. The summed E-state index contributed by atoms with van der Waals surface area (Å²) in [6.07, 6.45) is 1.32. The molecule has 0 saturated heterocycles. The molecule has 1 heterocycles. The molecule has 2 aromatic carbocycles. The predicted molar refractivity (Wildman–Crippen MR) is 134 cm³/mol. The molecule has 0 fully saturated rings. The first-order chi connectivity index (χ1) is 15.2. The van der Waals surface area contributed by atoms with Gasteiger partial charge in [0.15, 0.2) is 18.1 Å². The Labute approximate surface area is 206 Å². The van der Waals surface area contributed by atoms with Gasteiger partial charge in [-0.2, -0.15) is 9.78 Å². The Bertz CT molecular complexity index is 1260. The number of nitrogens with zero attached hydrogens (tertiary/aromatic N) is 3. The Morgan fingerprint density at radius 1 is 1.31 bits per heavy atom. The van der Waals surface area contributed by atoms with Crippen molar-refractivity contribution in [3.8, 4) is 11.5 Å². The zero-order chi connectivity index (χ0) is 23.4. The SMILES string of the molecule is COc1cc(C=Nn2c(C)nc3ccc(Br)cc3c2=O)cc(I)c1OCC(=O)OC(C)C. The number of esters is 1. The second-order valence-electron chi connectivity index (χ2n) is 7.04. The van der Waals surface area contributed by atoms with E-state index in [9.17, 15) is 9.59 Å². The summed E-state index contributed by atoms with van der Waals surface area (Å²) in [4.78, 5) is 29.1. The van der Waals surface area contributed by atoms with Gasteiger partial charge in [-0.1, -0.05) is 15.9 Å². The fourth-order valence-electron chi connectivity index (χ4n) is 2.90. The molecule has 3 rings (SSSR count). The molecule has 10 heteroatoms. The minimum absolute atomic E-state index is 0.219. The van der Waals surface area contributed by atoms with Gasteiger partial charge in [0, 0.05) is 4.47 Å². The summed E-state index contributed by atoms with van der Waals surface area (Å²) in [5.74, 6) is 0.858. The van der Waals surface area contributed by atoms with E-state index in [1.54, 1.807) is 51.3 Å².